The molecule has 2 unspecified atom stereocenters. The molecule has 1 aromatic rings. The Morgan fingerprint density at radius 1 is 1.17 bits per heavy atom. The van der Waals surface area contributed by atoms with Crippen LogP contribution >= 0.6 is 0 Å². The number of benzene rings is 1. The Morgan fingerprint density at radius 2 is 1.86 bits per heavy atom. The summed E-state index contributed by atoms with van der Waals surface area (Å²) in [6.07, 6.45) is 2.37. The number of amides is 3. The van der Waals surface area contributed by atoms with E-state index in [0.29, 0.717) is 5.56 Å². The van der Waals surface area contributed by atoms with E-state index in [9.17, 15) is 19.2 Å². The summed E-state index contributed by atoms with van der Waals surface area (Å²) in [6, 6.07) is 5.01. The van der Waals surface area contributed by atoms with Crippen molar-refractivity contribution in [1.29, 1.82) is 0 Å². The highest BCUT2D eigenvalue weighted by atomic mass is 16.6. The smallest absolute Gasteiger partial charge is 0.408 e. The highest BCUT2D eigenvalue weighted by Crippen LogP contribution is 2.24. The highest BCUT2D eigenvalue weighted by molar-refractivity contribution is 5.92. The van der Waals surface area contributed by atoms with Crippen molar-refractivity contribution < 1.29 is 28.7 Å². The molecule has 0 aliphatic rings. The normalized spacial score (nSPS) is 12.5. The summed E-state index contributed by atoms with van der Waals surface area (Å²) in [7, 11) is 0. The number of ether oxygens (including phenoxy) is 2. The zero-order valence-electron chi connectivity index (χ0n) is 21.3. The lowest BCUT2D eigenvalue weighted by atomic mass is 10.0. The first-order valence-corrected chi connectivity index (χ1v) is 11.5. The number of nitrogens with zero attached hydrogens (tertiary/aromatic N) is 1. The molecule has 2 N–H and O–H groups in total. The van der Waals surface area contributed by atoms with Gasteiger partial charge in [0, 0.05) is 13.1 Å². The third-order valence-corrected chi connectivity index (χ3v) is 4.67. The molecule has 0 spiro atoms. The van der Waals surface area contributed by atoms with Crippen LogP contribution in [0.5, 0.6) is 0 Å². The highest BCUT2D eigenvalue weighted by Gasteiger charge is 2.34. The molecule has 9 heteroatoms. The maximum atomic E-state index is 13.4. The van der Waals surface area contributed by atoms with Crippen molar-refractivity contribution in [3.05, 3.63) is 54.6 Å². The predicted molar refractivity (Wildman–Crippen MR) is 134 cm³/mol. The van der Waals surface area contributed by atoms with E-state index in [0.717, 1.165) is 5.56 Å². The molecule has 192 valence electrons. The summed E-state index contributed by atoms with van der Waals surface area (Å²) < 4.78 is 10.1. The van der Waals surface area contributed by atoms with Crippen LogP contribution in [-0.2, 0) is 23.9 Å². The number of rotatable bonds is 12. The zero-order valence-corrected chi connectivity index (χ0v) is 21.3. The zero-order chi connectivity index (χ0) is 26.6. The van der Waals surface area contributed by atoms with Crippen molar-refractivity contribution in [3.8, 4) is 0 Å². The standard InChI is InChI=1S/C26H37N3O6/c1-8-16-29(24(32)18(4)28-25(33)35-26(5,6)7)22(20-13-11-12-19(9-2)17-20)23(31)27-15-14-21(30)34-10-3/h8-9,11-13,17-18,22H,1-2,10,14-16H2,3-7H3,(H,27,31)(H,28,33). The number of esters is 1. The van der Waals surface area contributed by atoms with Gasteiger partial charge in [0.05, 0.1) is 13.0 Å². The summed E-state index contributed by atoms with van der Waals surface area (Å²) in [6.45, 7) is 16.1. The molecule has 2 atom stereocenters. The fourth-order valence-corrected chi connectivity index (χ4v) is 3.20. The molecule has 0 radical (unpaired) electrons. The molecule has 9 nitrogen and oxygen atoms in total. The Hall–Kier alpha value is -3.62. The Kier molecular flexibility index (Phi) is 11.7. The van der Waals surface area contributed by atoms with Crippen molar-refractivity contribution >= 4 is 30.0 Å². The molecule has 0 saturated carbocycles. The molecule has 0 aliphatic carbocycles. The number of nitrogens with one attached hydrogen (secondary N) is 2. The molecule has 1 rings (SSSR count). The predicted octanol–water partition coefficient (Wildman–Crippen LogP) is 3.37. The van der Waals surface area contributed by atoms with Crippen molar-refractivity contribution in [1.82, 2.24) is 15.5 Å². The van der Waals surface area contributed by atoms with Gasteiger partial charge in [-0.15, -0.1) is 6.58 Å². The Labute approximate surface area is 207 Å². The molecular formula is C26H37N3O6. The summed E-state index contributed by atoms with van der Waals surface area (Å²) >= 11 is 0. The maximum Gasteiger partial charge on any atom is 0.408 e. The van der Waals surface area contributed by atoms with E-state index in [1.54, 1.807) is 52.0 Å². The quantitative estimate of drug-likeness (QED) is 0.345. The van der Waals surface area contributed by atoms with Crippen LogP contribution in [0.25, 0.3) is 6.08 Å². The van der Waals surface area contributed by atoms with Gasteiger partial charge in [-0.2, -0.15) is 0 Å². The summed E-state index contributed by atoms with van der Waals surface area (Å²) in [5.41, 5.74) is 0.564. The first kappa shape index (κ1) is 29.4. The van der Waals surface area contributed by atoms with Gasteiger partial charge in [-0.05, 0) is 51.8 Å². The second kappa shape index (κ2) is 13.9. The van der Waals surface area contributed by atoms with E-state index in [4.69, 9.17) is 9.47 Å². The molecule has 0 saturated heterocycles. The average molecular weight is 488 g/mol. The van der Waals surface area contributed by atoms with Gasteiger partial charge < -0.3 is 25.0 Å². The number of hydrogen-bond acceptors (Lipinski definition) is 6. The first-order valence-electron chi connectivity index (χ1n) is 11.5. The van der Waals surface area contributed by atoms with Gasteiger partial charge in [0.2, 0.25) is 11.8 Å². The molecule has 0 aliphatic heterocycles. The van der Waals surface area contributed by atoms with Crippen LogP contribution < -0.4 is 10.6 Å². The van der Waals surface area contributed by atoms with Crippen molar-refractivity contribution in [2.45, 2.75) is 58.7 Å². The van der Waals surface area contributed by atoms with E-state index in [1.807, 2.05) is 6.07 Å². The van der Waals surface area contributed by atoms with Gasteiger partial charge in [-0.3, -0.25) is 14.4 Å². The Balaban J connectivity index is 3.23. The molecule has 3 amide bonds. The molecule has 0 aromatic heterocycles. The van der Waals surface area contributed by atoms with Crippen LogP contribution in [0, 0.1) is 0 Å². The topological polar surface area (TPSA) is 114 Å². The SMILES string of the molecule is C=CCN(C(=O)C(C)NC(=O)OC(C)(C)C)C(C(=O)NCCC(=O)OCC)c1cccc(C=C)c1. The fourth-order valence-electron chi connectivity index (χ4n) is 3.20. The minimum atomic E-state index is -1.05. The maximum absolute atomic E-state index is 13.4. The van der Waals surface area contributed by atoms with Gasteiger partial charge in [0.25, 0.3) is 0 Å². The monoisotopic (exact) mass is 487 g/mol. The minimum Gasteiger partial charge on any atom is -0.466 e. The average Bonchev–Trinajstić information content (AvgIpc) is 2.77. The molecule has 35 heavy (non-hydrogen) atoms. The Morgan fingerprint density at radius 3 is 2.43 bits per heavy atom. The number of carbonyl (C=O) groups is 4. The molecule has 0 bridgehead atoms. The fraction of sp³-hybridized carbons (Fsp3) is 0.462. The van der Waals surface area contributed by atoms with E-state index < -0.39 is 41.6 Å². The van der Waals surface area contributed by atoms with E-state index in [1.165, 1.54) is 17.9 Å². The van der Waals surface area contributed by atoms with Crippen LogP contribution in [0.2, 0.25) is 0 Å². The van der Waals surface area contributed by atoms with Crippen molar-refractivity contribution in [2.75, 3.05) is 19.7 Å². The third kappa shape index (κ3) is 10.0. The second-order valence-electron chi connectivity index (χ2n) is 8.77. The van der Waals surface area contributed by atoms with Crippen LogP contribution in [0.1, 0.15) is 58.2 Å². The lowest BCUT2D eigenvalue weighted by Gasteiger charge is -2.33. The third-order valence-electron chi connectivity index (χ3n) is 4.67. The lowest BCUT2D eigenvalue weighted by molar-refractivity contribution is -0.144. The van der Waals surface area contributed by atoms with Crippen LogP contribution in [-0.4, -0.2) is 60.1 Å². The van der Waals surface area contributed by atoms with Gasteiger partial charge >= 0.3 is 12.1 Å². The number of hydrogen-bond donors (Lipinski definition) is 2. The minimum absolute atomic E-state index is 0.00892. The van der Waals surface area contributed by atoms with Crippen LogP contribution in [0.15, 0.2) is 43.5 Å². The largest absolute Gasteiger partial charge is 0.466 e. The van der Waals surface area contributed by atoms with Crippen molar-refractivity contribution in [2.24, 2.45) is 0 Å². The second-order valence-corrected chi connectivity index (χ2v) is 8.77. The van der Waals surface area contributed by atoms with Crippen LogP contribution in [0.4, 0.5) is 4.79 Å². The molecular weight excluding hydrogens is 450 g/mol. The summed E-state index contributed by atoms with van der Waals surface area (Å²) in [4.78, 5) is 51.9. The van der Waals surface area contributed by atoms with Gasteiger partial charge in [-0.25, -0.2) is 4.79 Å². The van der Waals surface area contributed by atoms with E-state index in [2.05, 4.69) is 23.8 Å². The molecule has 0 heterocycles. The van der Waals surface area contributed by atoms with Crippen molar-refractivity contribution in [3.63, 3.8) is 0 Å². The molecule has 0 fully saturated rings. The van der Waals surface area contributed by atoms with Crippen LogP contribution in [0.3, 0.4) is 0 Å². The first-order chi connectivity index (χ1) is 16.4. The summed E-state index contributed by atoms with van der Waals surface area (Å²) in [5, 5.41) is 5.23. The lowest BCUT2D eigenvalue weighted by Crippen LogP contribution is -2.52. The van der Waals surface area contributed by atoms with Gasteiger partial charge in [0.1, 0.15) is 17.7 Å². The number of carbonyl (C=O) groups excluding carboxylic acids is 4. The van der Waals surface area contributed by atoms with Gasteiger partial charge in [-0.1, -0.05) is 36.9 Å². The van der Waals surface area contributed by atoms with E-state index in [-0.39, 0.29) is 26.1 Å². The molecule has 1 aromatic carbocycles. The van der Waals surface area contributed by atoms with Gasteiger partial charge in [0.15, 0.2) is 0 Å². The number of alkyl carbamates (subject to hydrolysis) is 1. The Bertz CT molecular complexity index is 922. The summed E-state index contributed by atoms with van der Waals surface area (Å²) in [5.74, 6) is -1.44. The van der Waals surface area contributed by atoms with E-state index >= 15 is 0 Å².